The molecule has 1 aliphatic rings. The highest BCUT2D eigenvalue weighted by Gasteiger charge is 2.20. The molecule has 0 bridgehead atoms. The predicted molar refractivity (Wildman–Crippen MR) is 59.3 cm³/mol. The number of carbonyl (C=O) groups excluding carboxylic acids is 1. The van der Waals surface area contributed by atoms with Gasteiger partial charge in [0.1, 0.15) is 0 Å². The van der Waals surface area contributed by atoms with Gasteiger partial charge in [0.25, 0.3) is 0 Å². The Morgan fingerprint density at radius 1 is 1.47 bits per heavy atom. The Hall–Kier alpha value is -1.55. The molecule has 0 unspecified atom stereocenters. The van der Waals surface area contributed by atoms with E-state index in [1.807, 2.05) is 30.3 Å². The lowest BCUT2D eigenvalue weighted by molar-refractivity contribution is -0.119. The summed E-state index contributed by atoms with van der Waals surface area (Å²) in [6, 6.07) is 8.08. The molecule has 0 spiro atoms. The average Bonchev–Trinajstić information content (AvgIpc) is 2.66. The van der Waals surface area contributed by atoms with Gasteiger partial charge in [-0.2, -0.15) is 0 Å². The number of anilines is 1. The standard InChI is InChI=1S/C11H15N3O/c1-12-8-9-4-2-3-5-10(9)14-7-6-11(15)13-14/h2-5,12H,6-8H2,1H3,(H,13,15). The molecule has 0 radical (unpaired) electrons. The maximum atomic E-state index is 11.1. The van der Waals surface area contributed by atoms with Gasteiger partial charge in [0.2, 0.25) is 5.91 Å². The topological polar surface area (TPSA) is 44.4 Å². The summed E-state index contributed by atoms with van der Waals surface area (Å²) in [6.45, 7) is 1.56. The summed E-state index contributed by atoms with van der Waals surface area (Å²) in [4.78, 5) is 11.1. The molecular formula is C11H15N3O. The van der Waals surface area contributed by atoms with E-state index in [1.165, 1.54) is 5.56 Å². The fraction of sp³-hybridized carbons (Fsp3) is 0.364. The van der Waals surface area contributed by atoms with Gasteiger partial charge in [0.05, 0.1) is 5.69 Å². The number of para-hydroxylation sites is 1. The summed E-state index contributed by atoms with van der Waals surface area (Å²) in [7, 11) is 1.92. The quantitative estimate of drug-likeness (QED) is 0.761. The van der Waals surface area contributed by atoms with Crippen molar-refractivity contribution in [2.24, 2.45) is 0 Å². The first-order chi connectivity index (χ1) is 7.31. The van der Waals surface area contributed by atoms with E-state index in [2.05, 4.69) is 16.8 Å². The molecule has 0 saturated carbocycles. The van der Waals surface area contributed by atoms with E-state index in [9.17, 15) is 4.79 Å². The number of rotatable bonds is 3. The zero-order valence-corrected chi connectivity index (χ0v) is 8.79. The average molecular weight is 205 g/mol. The molecule has 2 rings (SSSR count). The van der Waals surface area contributed by atoms with E-state index in [4.69, 9.17) is 0 Å². The second kappa shape index (κ2) is 4.31. The van der Waals surface area contributed by atoms with Crippen molar-refractivity contribution < 1.29 is 4.79 Å². The van der Waals surface area contributed by atoms with E-state index in [0.29, 0.717) is 6.42 Å². The van der Waals surface area contributed by atoms with E-state index in [1.54, 1.807) is 0 Å². The van der Waals surface area contributed by atoms with Crippen molar-refractivity contribution in [2.45, 2.75) is 13.0 Å². The smallest absolute Gasteiger partial charge is 0.240 e. The number of nitrogens with one attached hydrogen (secondary N) is 2. The van der Waals surface area contributed by atoms with Gasteiger partial charge in [0.15, 0.2) is 0 Å². The molecule has 0 aromatic heterocycles. The van der Waals surface area contributed by atoms with Crippen LogP contribution in [0, 0.1) is 0 Å². The fourth-order valence-electron chi connectivity index (χ4n) is 1.77. The SMILES string of the molecule is CNCc1ccccc1N1CCC(=O)N1. The summed E-state index contributed by atoms with van der Waals surface area (Å²) in [5.41, 5.74) is 5.11. The second-order valence-electron chi connectivity index (χ2n) is 3.60. The van der Waals surface area contributed by atoms with Gasteiger partial charge >= 0.3 is 0 Å². The van der Waals surface area contributed by atoms with Crippen LogP contribution in [0.3, 0.4) is 0 Å². The van der Waals surface area contributed by atoms with Crippen LogP contribution in [-0.4, -0.2) is 19.5 Å². The van der Waals surface area contributed by atoms with Crippen LogP contribution < -0.4 is 15.8 Å². The molecule has 15 heavy (non-hydrogen) atoms. The Morgan fingerprint density at radius 2 is 2.27 bits per heavy atom. The number of hydrogen-bond acceptors (Lipinski definition) is 3. The lowest BCUT2D eigenvalue weighted by Gasteiger charge is -2.20. The minimum absolute atomic E-state index is 0.0919. The third-order valence-electron chi connectivity index (χ3n) is 2.47. The van der Waals surface area contributed by atoms with Crippen molar-refractivity contribution in [1.29, 1.82) is 0 Å². The monoisotopic (exact) mass is 205 g/mol. The molecule has 1 saturated heterocycles. The molecule has 80 valence electrons. The van der Waals surface area contributed by atoms with Crippen LogP contribution in [0.1, 0.15) is 12.0 Å². The highest BCUT2D eigenvalue weighted by atomic mass is 16.2. The molecule has 1 aliphatic heterocycles. The van der Waals surface area contributed by atoms with E-state index >= 15 is 0 Å². The normalized spacial score (nSPS) is 15.5. The zero-order valence-electron chi connectivity index (χ0n) is 8.79. The lowest BCUT2D eigenvalue weighted by atomic mass is 10.1. The number of benzene rings is 1. The van der Waals surface area contributed by atoms with E-state index in [-0.39, 0.29) is 5.91 Å². The number of carbonyl (C=O) groups is 1. The van der Waals surface area contributed by atoms with Gasteiger partial charge in [-0.1, -0.05) is 18.2 Å². The van der Waals surface area contributed by atoms with Crippen molar-refractivity contribution in [1.82, 2.24) is 10.7 Å². The molecule has 1 amide bonds. The number of hydrazine groups is 1. The zero-order chi connectivity index (χ0) is 10.7. The number of hydrogen-bond donors (Lipinski definition) is 2. The molecule has 2 N–H and O–H groups in total. The van der Waals surface area contributed by atoms with Crippen molar-refractivity contribution >= 4 is 11.6 Å². The summed E-state index contributed by atoms with van der Waals surface area (Å²) in [6.07, 6.45) is 0.577. The third kappa shape index (κ3) is 2.10. The van der Waals surface area contributed by atoms with Gasteiger partial charge in [-0.05, 0) is 18.7 Å². The van der Waals surface area contributed by atoms with Gasteiger partial charge < -0.3 is 5.32 Å². The maximum Gasteiger partial charge on any atom is 0.240 e. The molecule has 4 nitrogen and oxygen atoms in total. The Bertz CT molecular complexity index is 365. The van der Waals surface area contributed by atoms with Crippen LogP contribution >= 0.6 is 0 Å². The van der Waals surface area contributed by atoms with Crippen LogP contribution in [0.4, 0.5) is 5.69 Å². The molecule has 1 aromatic rings. The Morgan fingerprint density at radius 3 is 2.93 bits per heavy atom. The Kier molecular flexibility index (Phi) is 2.87. The molecule has 4 heteroatoms. The third-order valence-corrected chi connectivity index (χ3v) is 2.47. The van der Waals surface area contributed by atoms with Crippen LogP contribution in [0.5, 0.6) is 0 Å². The Balaban J connectivity index is 2.22. The van der Waals surface area contributed by atoms with Gasteiger partial charge in [-0.25, -0.2) is 0 Å². The first-order valence-electron chi connectivity index (χ1n) is 5.11. The molecular weight excluding hydrogens is 190 g/mol. The first kappa shape index (κ1) is 9.98. The summed E-state index contributed by atoms with van der Waals surface area (Å²) < 4.78 is 0. The number of nitrogens with zero attached hydrogens (tertiary/aromatic N) is 1. The minimum Gasteiger partial charge on any atom is -0.316 e. The lowest BCUT2D eigenvalue weighted by Crippen LogP contribution is -2.34. The molecule has 1 aromatic carbocycles. The van der Waals surface area contributed by atoms with Gasteiger partial charge in [0, 0.05) is 19.5 Å². The van der Waals surface area contributed by atoms with Crippen molar-refractivity contribution in [3.8, 4) is 0 Å². The highest BCUT2D eigenvalue weighted by molar-refractivity contribution is 5.81. The maximum absolute atomic E-state index is 11.1. The van der Waals surface area contributed by atoms with Crippen LogP contribution in [0.25, 0.3) is 0 Å². The van der Waals surface area contributed by atoms with Crippen LogP contribution in [0.15, 0.2) is 24.3 Å². The number of amides is 1. The summed E-state index contributed by atoms with van der Waals surface area (Å²) in [5, 5.41) is 5.03. The largest absolute Gasteiger partial charge is 0.316 e. The summed E-state index contributed by atoms with van der Waals surface area (Å²) >= 11 is 0. The first-order valence-corrected chi connectivity index (χ1v) is 5.11. The van der Waals surface area contributed by atoms with E-state index in [0.717, 1.165) is 18.8 Å². The van der Waals surface area contributed by atoms with Gasteiger partial charge in [-0.15, -0.1) is 0 Å². The van der Waals surface area contributed by atoms with Crippen LogP contribution in [-0.2, 0) is 11.3 Å². The Labute approximate surface area is 89.2 Å². The molecule has 0 atom stereocenters. The van der Waals surface area contributed by atoms with Crippen LogP contribution in [0.2, 0.25) is 0 Å². The highest BCUT2D eigenvalue weighted by Crippen LogP contribution is 2.20. The van der Waals surface area contributed by atoms with Crippen molar-refractivity contribution in [3.63, 3.8) is 0 Å². The minimum atomic E-state index is 0.0919. The fourth-order valence-corrected chi connectivity index (χ4v) is 1.77. The second-order valence-corrected chi connectivity index (χ2v) is 3.60. The van der Waals surface area contributed by atoms with Crippen molar-refractivity contribution in [3.05, 3.63) is 29.8 Å². The molecule has 0 aliphatic carbocycles. The van der Waals surface area contributed by atoms with Crippen molar-refractivity contribution in [2.75, 3.05) is 18.6 Å². The predicted octanol–water partition coefficient (Wildman–Crippen LogP) is 0.647. The summed E-state index contributed by atoms with van der Waals surface area (Å²) in [5.74, 6) is 0.0919. The van der Waals surface area contributed by atoms with Gasteiger partial charge in [-0.3, -0.25) is 15.2 Å². The van der Waals surface area contributed by atoms with E-state index < -0.39 is 0 Å². The molecule has 1 heterocycles. The molecule has 1 fully saturated rings.